The number of rotatable bonds is 8. The maximum atomic E-state index is 13.8. The molecule has 0 unspecified atom stereocenters. The number of fused-ring (bicyclic) bond motifs is 1. The minimum Gasteiger partial charge on any atom is -0.486 e. The van der Waals surface area contributed by atoms with E-state index in [9.17, 15) is 22.4 Å². The van der Waals surface area contributed by atoms with Crippen LogP contribution in [0.5, 0.6) is 11.5 Å². The van der Waals surface area contributed by atoms with Crippen molar-refractivity contribution in [1.82, 2.24) is 0 Å². The number of nitrogens with zero attached hydrogens (tertiary/aromatic N) is 1. The first-order valence-electron chi connectivity index (χ1n) is 13.6. The summed E-state index contributed by atoms with van der Waals surface area (Å²) in [5, 5.41) is 2.69. The quantitative estimate of drug-likeness (QED) is 0.250. The lowest BCUT2D eigenvalue weighted by molar-refractivity contribution is -0.114. The number of hydrogen-bond donors (Lipinski definition) is 1. The highest BCUT2D eigenvalue weighted by molar-refractivity contribution is 7.92. The smallest absolute Gasteiger partial charge is 0.264 e. The van der Waals surface area contributed by atoms with E-state index >= 15 is 0 Å². The number of amides is 1. The van der Waals surface area contributed by atoms with E-state index in [1.54, 1.807) is 30.3 Å². The van der Waals surface area contributed by atoms with Gasteiger partial charge in [-0.05, 0) is 59.5 Å². The van der Waals surface area contributed by atoms with Crippen LogP contribution < -0.4 is 19.1 Å². The van der Waals surface area contributed by atoms with E-state index in [1.807, 2.05) is 12.1 Å². The lowest BCUT2D eigenvalue weighted by atomic mass is 9.86. The highest BCUT2D eigenvalue weighted by Crippen LogP contribution is 2.34. The van der Waals surface area contributed by atoms with E-state index in [0.717, 1.165) is 22.0 Å². The predicted octanol–water partition coefficient (Wildman–Crippen LogP) is 5.96. The molecule has 0 spiro atoms. The summed E-state index contributed by atoms with van der Waals surface area (Å²) in [5.74, 6) is -0.754. The van der Waals surface area contributed by atoms with Crippen molar-refractivity contribution in [1.29, 1.82) is 0 Å². The van der Waals surface area contributed by atoms with E-state index in [2.05, 4.69) is 26.1 Å². The SMILES string of the molecule is CC(C)(C)c1ccc(C(=O)c2cccc(NC(=O)CN(c3ccc(F)cc3)S(=O)(=O)c3ccc4c(c3)OCCO4)c2)cc1. The Kier molecular flexibility index (Phi) is 8.23. The van der Waals surface area contributed by atoms with Crippen LogP contribution in [0.3, 0.4) is 0 Å². The largest absolute Gasteiger partial charge is 0.486 e. The molecule has 0 saturated heterocycles. The van der Waals surface area contributed by atoms with Gasteiger partial charge in [0.25, 0.3) is 10.0 Å². The average molecular weight is 603 g/mol. The standard InChI is InChI=1S/C33H31FN2O6S/c1-33(2,3)24-9-7-22(8-10-24)32(38)23-5-4-6-26(19-23)35-31(37)21-36(27-13-11-25(34)12-14-27)43(39,40)28-15-16-29-30(20-28)42-18-17-41-29/h4-16,19-20H,17-18,21H2,1-3H3,(H,35,37). The molecule has 4 aromatic rings. The number of carbonyl (C=O) groups is 2. The van der Waals surface area contributed by atoms with Crippen molar-refractivity contribution in [2.75, 3.05) is 29.4 Å². The summed E-state index contributed by atoms with van der Waals surface area (Å²) in [7, 11) is -4.30. The summed E-state index contributed by atoms with van der Waals surface area (Å²) < 4.78 is 53.2. The maximum absolute atomic E-state index is 13.8. The van der Waals surface area contributed by atoms with E-state index in [4.69, 9.17) is 9.47 Å². The minimum atomic E-state index is -4.30. The molecule has 8 nitrogen and oxygen atoms in total. The van der Waals surface area contributed by atoms with Crippen molar-refractivity contribution < 1.29 is 31.9 Å². The third-order valence-electron chi connectivity index (χ3n) is 6.93. The molecular weight excluding hydrogens is 571 g/mol. The summed E-state index contributed by atoms with van der Waals surface area (Å²) in [6, 6.07) is 22.8. The van der Waals surface area contributed by atoms with Crippen LogP contribution in [-0.4, -0.2) is 39.9 Å². The van der Waals surface area contributed by atoms with Gasteiger partial charge in [0, 0.05) is 22.9 Å². The van der Waals surface area contributed by atoms with Gasteiger partial charge < -0.3 is 14.8 Å². The Morgan fingerprint density at radius 2 is 1.51 bits per heavy atom. The van der Waals surface area contributed by atoms with Gasteiger partial charge in [-0.25, -0.2) is 12.8 Å². The van der Waals surface area contributed by atoms with Gasteiger partial charge in [-0.15, -0.1) is 0 Å². The van der Waals surface area contributed by atoms with Gasteiger partial charge in [-0.2, -0.15) is 0 Å². The molecule has 0 bridgehead atoms. The normalized spacial score (nSPS) is 12.8. The van der Waals surface area contributed by atoms with Crippen LogP contribution in [0.15, 0.2) is 95.9 Å². The van der Waals surface area contributed by atoms with Crippen LogP contribution in [0.25, 0.3) is 0 Å². The number of halogens is 1. The molecule has 5 rings (SSSR count). The first-order valence-corrected chi connectivity index (χ1v) is 15.1. The van der Waals surface area contributed by atoms with Crippen LogP contribution in [0.2, 0.25) is 0 Å². The zero-order valence-corrected chi connectivity index (χ0v) is 24.8. The Morgan fingerprint density at radius 3 is 2.19 bits per heavy atom. The molecule has 0 saturated carbocycles. The Balaban J connectivity index is 1.38. The van der Waals surface area contributed by atoms with Gasteiger partial charge in [0.2, 0.25) is 5.91 Å². The Bertz CT molecular complexity index is 1760. The van der Waals surface area contributed by atoms with Crippen LogP contribution in [0.1, 0.15) is 42.3 Å². The molecule has 0 fully saturated rings. The molecule has 1 N–H and O–H groups in total. The molecule has 0 aliphatic carbocycles. The summed E-state index contributed by atoms with van der Waals surface area (Å²) in [6.45, 7) is 6.27. The Hall–Kier alpha value is -4.70. The minimum absolute atomic E-state index is 0.0524. The first kappa shape index (κ1) is 29.8. The summed E-state index contributed by atoms with van der Waals surface area (Å²) in [4.78, 5) is 26.3. The second-order valence-corrected chi connectivity index (χ2v) is 12.9. The Labute approximate surface area is 250 Å². The fraction of sp³-hybridized carbons (Fsp3) is 0.212. The highest BCUT2D eigenvalue weighted by Gasteiger charge is 2.29. The number of sulfonamides is 1. The number of carbonyl (C=O) groups excluding carboxylic acids is 2. The monoisotopic (exact) mass is 602 g/mol. The van der Waals surface area contributed by atoms with Gasteiger partial charge in [0.15, 0.2) is 17.3 Å². The molecule has 0 radical (unpaired) electrons. The van der Waals surface area contributed by atoms with Gasteiger partial charge >= 0.3 is 0 Å². The molecule has 10 heteroatoms. The highest BCUT2D eigenvalue weighted by atomic mass is 32.2. The van der Waals surface area contributed by atoms with Gasteiger partial charge in [-0.1, -0.05) is 57.2 Å². The number of anilines is 2. The molecule has 0 aromatic heterocycles. The van der Waals surface area contributed by atoms with Crippen molar-refractivity contribution in [3.8, 4) is 11.5 Å². The predicted molar refractivity (Wildman–Crippen MR) is 162 cm³/mol. The summed E-state index contributed by atoms with van der Waals surface area (Å²) in [6.07, 6.45) is 0. The molecular formula is C33H31FN2O6S. The fourth-order valence-electron chi connectivity index (χ4n) is 4.59. The molecule has 43 heavy (non-hydrogen) atoms. The van der Waals surface area contributed by atoms with Crippen LogP contribution in [0, 0.1) is 5.82 Å². The number of nitrogens with one attached hydrogen (secondary N) is 1. The topological polar surface area (TPSA) is 102 Å². The maximum Gasteiger partial charge on any atom is 0.264 e. The third kappa shape index (κ3) is 6.70. The van der Waals surface area contributed by atoms with Crippen LogP contribution in [0.4, 0.5) is 15.8 Å². The summed E-state index contributed by atoms with van der Waals surface area (Å²) in [5.41, 5.74) is 2.32. The van der Waals surface area contributed by atoms with E-state index in [-0.39, 0.29) is 34.1 Å². The fourth-order valence-corrected chi connectivity index (χ4v) is 6.03. The van der Waals surface area contributed by atoms with E-state index < -0.39 is 28.3 Å². The molecule has 222 valence electrons. The Morgan fingerprint density at radius 1 is 0.837 bits per heavy atom. The molecule has 1 aliphatic heterocycles. The molecule has 0 atom stereocenters. The number of ether oxygens (including phenoxy) is 2. The first-order chi connectivity index (χ1) is 20.4. The molecule has 4 aromatic carbocycles. The number of ketones is 1. The van der Waals surface area contributed by atoms with Gasteiger partial charge in [0.1, 0.15) is 25.6 Å². The zero-order valence-electron chi connectivity index (χ0n) is 24.0. The second-order valence-electron chi connectivity index (χ2n) is 11.1. The van der Waals surface area contributed by atoms with Crippen molar-refractivity contribution in [2.24, 2.45) is 0 Å². The molecule has 1 aliphatic rings. The third-order valence-corrected chi connectivity index (χ3v) is 8.69. The zero-order chi connectivity index (χ0) is 30.8. The van der Waals surface area contributed by atoms with Gasteiger partial charge in [-0.3, -0.25) is 13.9 Å². The van der Waals surface area contributed by atoms with E-state index in [0.29, 0.717) is 29.2 Å². The van der Waals surface area contributed by atoms with E-state index in [1.165, 1.54) is 36.4 Å². The number of hydrogen-bond acceptors (Lipinski definition) is 6. The van der Waals surface area contributed by atoms with Crippen LogP contribution >= 0.6 is 0 Å². The lowest BCUT2D eigenvalue weighted by Crippen LogP contribution is -2.38. The lowest BCUT2D eigenvalue weighted by Gasteiger charge is -2.25. The summed E-state index contributed by atoms with van der Waals surface area (Å²) >= 11 is 0. The van der Waals surface area contributed by atoms with Gasteiger partial charge in [0.05, 0.1) is 10.6 Å². The second kappa shape index (κ2) is 11.9. The average Bonchev–Trinajstić information content (AvgIpc) is 2.99. The van der Waals surface area contributed by atoms with Crippen molar-refractivity contribution in [2.45, 2.75) is 31.1 Å². The molecule has 1 heterocycles. The van der Waals surface area contributed by atoms with Crippen molar-refractivity contribution >= 4 is 33.1 Å². The number of benzene rings is 4. The van der Waals surface area contributed by atoms with Crippen molar-refractivity contribution in [3.05, 3.63) is 114 Å². The van der Waals surface area contributed by atoms with Crippen molar-refractivity contribution in [3.63, 3.8) is 0 Å². The molecule has 1 amide bonds. The van der Waals surface area contributed by atoms with Crippen LogP contribution in [-0.2, 0) is 20.2 Å².